The fourth-order valence-electron chi connectivity index (χ4n) is 3.05. The van der Waals surface area contributed by atoms with Crippen molar-refractivity contribution in [3.05, 3.63) is 48.0 Å². The molecule has 5 heteroatoms. The number of carbonyl (C=O) groups is 1. The molecule has 0 aromatic heterocycles. The van der Waals surface area contributed by atoms with Gasteiger partial charge in [-0.25, -0.2) is 0 Å². The standard InChI is InChI=1S/C23H33N3O2/c1-6-26(7-2)20-10-13-22(18(5)16-20)24-15-14-23(27)25-19-8-11-21(12-9-19)28-17(3)4/h8-13,16-17,24H,6-7,14-15H2,1-5H3,(H,25,27). The maximum Gasteiger partial charge on any atom is 0.226 e. The summed E-state index contributed by atoms with van der Waals surface area (Å²) in [6.45, 7) is 13.0. The van der Waals surface area contributed by atoms with Crippen LogP contribution < -0.4 is 20.3 Å². The average molecular weight is 384 g/mol. The molecule has 0 saturated carbocycles. The van der Waals surface area contributed by atoms with Crippen LogP contribution in [0.25, 0.3) is 0 Å². The third-order valence-corrected chi connectivity index (χ3v) is 4.52. The van der Waals surface area contributed by atoms with E-state index in [1.165, 1.54) is 11.3 Å². The summed E-state index contributed by atoms with van der Waals surface area (Å²) in [6, 6.07) is 13.9. The van der Waals surface area contributed by atoms with Crippen LogP contribution in [0, 0.1) is 6.92 Å². The summed E-state index contributed by atoms with van der Waals surface area (Å²) in [5, 5.41) is 6.28. The van der Waals surface area contributed by atoms with Crippen LogP contribution in [0.3, 0.4) is 0 Å². The van der Waals surface area contributed by atoms with Crippen molar-refractivity contribution in [3.63, 3.8) is 0 Å². The molecular weight excluding hydrogens is 350 g/mol. The lowest BCUT2D eigenvalue weighted by atomic mass is 10.1. The molecule has 28 heavy (non-hydrogen) atoms. The number of nitrogens with one attached hydrogen (secondary N) is 2. The van der Waals surface area contributed by atoms with Crippen LogP contribution in [-0.2, 0) is 4.79 Å². The average Bonchev–Trinajstić information content (AvgIpc) is 2.65. The number of rotatable bonds is 10. The van der Waals surface area contributed by atoms with E-state index >= 15 is 0 Å². The van der Waals surface area contributed by atoms with Gasteiger partial charge in [0.2, 0.25) is 5.91 Å². The maximum atomic E-state index is 12.2. The number of anilines is 3. The zero-order chi connectivity index (χ0) is 20.5. The molecule has 0 saturated heterocycles. The summed E-state index contributed by atoms with van der Waals surface area (Å²) < 4.78 is 5.61. The Bertz CT molecular complexity index is 753. The monoisotopic (exact) mass is 383 g/mol. The molecular formula is C23H33N3O2. The molecule has 0 aliphatic heterocycles. The Kier molecular flexibility index (Phi) is 8.18. The van der Waals surface area contributed by atoms with Gasteiger partial charge in [-0.15, -0.1) is 0 Å². The van der Waals surface area contributed by atoms with E-state index < -0.39 is 0 Å². The topological polar surface area (TPSA) is 53.6 Å². The molecule has 2 aromatic rings. The van der Waals surface area contributed by atoms with Gasteiger partial charge >= 0.3 is 0 Å². The summed E-state index contributed by atoms with van der Waals surface area (Å²) in [7, 11) is 0. The second kappa shape index (κ2) is 10.6. The lowest BCUT2D eigenvalue weighted by Crippen LogP contribution is -2.22. The lowest BCUT2D eigenvalue weighted by Gasteiger charge is -2.22. The number of nitrogens with zero attached hydrogens (tertiary/aromatic N) is 1. The summed E-state index contributed by atoms with van der Waals surface area (Å²) >= 11 is 0. The van der Waals surface area contributed by atoms with Gasteiger partial charge in [-0.2, -0.15) is 0 Å². The first kappa shape index (κ1) is 21.6. The fourth-order valence-corrected chi connectivity index (χ4v) is 3.05. The molecule has 2 rings (SSSR count). The van der Waals surface area contributed by atoms with Gasteiger partial charge in [0.05, 0.1) is 6.10 Å². The van der Waals surface area contributed by atoms with Crippen molar-refractivity contribution < 1.29 is 9.53 Å². The molecule has 1 amide bonds. The van der Waals surface area contributed by atoms with Gasteiger partial charge in [-0.05, 0) is 82.6 Å². The first-order chi connectivity index (χ1) is 13.4. The highest BCUT2D eigenvalue weighted by atomic mass is 16.5. The van der Waals surface area contributed by atoms with E-state index in [0.29, 0.717) is 13.0 Å². The summed E-state index contributed by atoms with van der Waals surface area (Å²) in [5.41, 5.74) is 4.26. The molecule has 0 atom stereocenters. The third kappa shape index (κ3) is 6.48. The largest absolute Gasteiger partial charge is 0.491 e. The second-order valence-electron chi connectivity index (χ2n) is 7.09. The van der Waals surface area contributed by atoms with Crippen LogP contribution >= 0.6 is 0 Å². The van der Waals surface area contributed by atoms with E-state index in [1.807, 2.05) is 38.1 Å². The second-order valence-corrected chi connectivity index (χ2v) is 7.09. The Balaban J connectivity index is 1.82. The maximum absolute atomic E-state index is 12.2. The number of benzene rings is 2. The molecule has 5 nitrogen and oxygen atoms in total. The number of carbonyl (C=O) groups excluding carboxylic acids is 1. The minimum absolute atomic E-state index is 0.0116. The van der Waals surface area contributed by atoms with Crippen LogP contribution in [0.15, 0.2) is 42.5 Å². The van der Waals surface area contributed by atoms with E-state index in [4.69, 9.17) is 4.74 Å². The van der Waals surface area contributed by atoms with E-state index in [2.05, 4.69) is 54.5 Å². The van der Waals surface area contributed by atoms with Crippen LogP contribution in [0.5, 0.6) is 5.75 Å². The van der Waals surface area contributed by atoms with Crippen LogP contribution in [0.4, 0.5) is 17.1 Å². The first-order valence-electron chi connectivity index (χ1n) is 10.1. The van der Waals surface area contributed by atoms with E-state index in [1.54, 1.807) is 0 Å². The predicted molar refractivity (Wildman–Crippen MR) is 119 cm³/mol. The highest BCUT2D eigenvalue weighted by Gasteiger charge is 2.07. The van der Waals surface area contributed by atoms with Gasteiger partial charge < -0.3 is 20.3 Å². The molecule has 0 aliphatic carbocycles. The van der Waals surface area contributed by atoms with E-state index in [-0.39, 0.29) is 12.0 Å². The predicted octanol–water partition coefficient (Wildman–Crippen LogP) is 5.07. The van der Waals surface area contributed by atoms with Crippen LogP contribution in [0.1, 0.15) is 39.7 Å². The van der Waals surface area contributed by atoms with Crippen molar-refractivity contribution in [1.82, 2.24) is 0 Å². The van der Waals surface area contributed by atoms with Crippen LogP contribution in [0.2, 0.25) is 0 Å². The van der Waals surface area contributed by atoms with Gasteiger partial charge in [0, 0.05) is 43.1 Å². The summed E-state index contributed by atoms with van der Waals surface area (Å²) in [6.07, 6.45) is 0.539. The molecule has 0 bridgehead atoms. The fraction of sp³-hybridized carbons (Fsp3) is 0.435. The van der Waals surface area contributed by atoms with E-state index in [9.17, 15) is 4.79 Å². The Hall–Kier alpha value is -2.69. The van der Waals surface area contributed by atoms with Gasteiger partial charge in [-0.3, -0.25) is 4.79 Å². The van der Waals surface area contributed by atoms with Gasteiger partial charge in [0.25, 0.3) is 0 Å². The molecule has 2 aromatic carbocycles. The van der Waals surface area contributed by atoms with Crippen molar-refractivity contribution in [1.29, 1.82) is 0 Å². The highest BCUT2D eigenvalue weighted by molar-refractivity contribution is 5.91. The number of aryl methyl sites for hydroxylation is 1. The third-order valence-electron chi connectivity index (χ3n) is 4.52. The summed E-state index contributed by atoms with van der Waals surface area (Å²) in [4.78, 5) is 14.5. The molecule has 0 radical (unpaired) electrons. The zero-order valence-corrected chi connectivity index (χ0v) is 17.7. The molecule has 152 valence electrons. The molecule has 2 N–H and O–H groups in total. The van der Waals surface area contributed by atoms with Crippen molar-refractivity contribution in [2.45, 2.75) is 47.1 Å². The van der Waals surface area contributed by atoms with Crippen molar-refractivity contribution in [3.8, 4) is 5.75 Å². The smallest absolute Gasteiger partial charge is 0.226 e. The summed E-state index contributed by atoms with van der Waals surface area (Å²) in [5.74, 6) is 0.792. The Labute approximate surface area is 169 Å². The Morgan fingerprint density at radius 1 is 1.07 bits per heavy atom. The SMILES string of the molecule is CCN(CC)c1ccc(NCCC(=O)Nc2ccc(OC(C)C)cc2)c(C)c1. The lowest BCUT2D eigenvalue weighted by molar-refractivity contribution is -0.115. The molecule has 0 unspecified atom stereocenters. The zero-order valence-electron chi connectivity index (χ0n) is 17.7. The number of hydrogen-bond acceptors (Lipinski definition) is 4. The van der Waals surface area contributed by atoms with Crippen LogP contribution in [-0.4, -0.2) is 31.6 Å². The quantitative estimate of drug-likeness (QED) is 0.601. The number of ether oxygens (including phenoxy) is 1. The number of amides is 1. The van der Waals surface area contributed by atoms with Crippen molar-refractivity contribution in [2.24, 2.45) is 0 Å². The highest BCUT2D eigenvalue weighted by Crippen LogP contribution is 2.22. The van der Waals surface area contributed by atoms with Gasteiger partial charge in [-0.1, -0.05) is 0 Å². The van der Waals surface area contributed by atoms with E-state index in [0.717, 1.165) is 30.2 Å². The molecule has 0 aliphatic rings. The van der Waals surface area contributed by atoms with Crippen molar-refractivity contribution in [2.75, 3.05) is 35.2 Å². The van der Waals surface area contributed by atoms with Gasteiger partial charge in [0.1, 0.15) is 5.75 Å². The minimum Gasteiger partial charge on any atom is -0.491 e. The van der Waals surface area contributed by atoms with Gasteiger partial charge in [0.15, 0.2) is 0 Å². The Morgan fingerprint density at radius 2 is 1.75 bits per heavy atom. The molecule has 0 spiro atoms. The molecule has 0 heterocycles. The minimum atomic E-state index is -0.0116. The number of hydrogen-bond donors (Lipinski definition) is 2. The normalized spacial score (nSPS) is 10.6. The first-order valence-corrected chi connectivity index (χ1v) is 10.1. The Morgan fingerprint density at radius 3 is 2.32 bits per heavy atom. The van der Waals surface area contributed by atoms with Crippen molar-refractivity contribution >= 4 is 23.0 Å². The molecule has 0 fully saturated rings.